The van der Waals surface area contributed by atoms with Crippen molar-refractivity contribution in [1.82, 2.24) is 5.32 Å². The number of para-hydroxylation sites is 1. The first-order valence-electron chi connectivity index (χ1n) is 10.1. The third-order valence-corrected chi connectivity index (χ3v) is 6.78. The van der Waals surface area contributed by atoms with Gasteiger partial charge in [-0.25, -0.2) is 4.90 Å². The van der Waals surface area contributed by atoms with Crippen molar-refractivity contribution >= 4 is 39.9 Å². The van der Waals surface area contributed by atoms with Crippen LogP contribution in [0.3, 0.4) is 0 Å². The molecule has 1 spiro atoms. The van der Waals surface area contributed by atoms with E-state index in [1.165, 1.54) is 4.90 Å². The van der Waals surface area contributed by atoms with Gasteiger partial charge in [-0.3, -0.25) is 19.7 Å². The van der Waals surface area contributed by atoms with Crippen LogP contribution >= 0.6 is 0 Å². The molecular formula is C24H19N3O3. The van der Waals surface area contributed by atoms with Crippen molar-refractivity contribution in [2.24, 2.45) is 11.8 Å². The summed E-state index contributed by atoms with van der Waals surface area (Å²) in [6.45, 7) is 1.87. The Morgan fingerprint density at radius 2 is 1.60 bits per heavy atom. The Morgan fingerprint density at radius 1 is 0.867 bits per heavy atom. The van der Waals surface area contributed by atoms with Gasteiger partial charge >= 0.3 is 0 Å². The van der Waals surface area contributed by atoms with Crippen molar-refractivity contribution in [1.29, 1.82) is 0 Å². The lowest BCUT2D eigenvalue weighted by molar-refractivity contribution is -0.130. The van der Waals surface area contributed by atoms with E-state index in [2.05, 4.69) is 10.6 Å². The van der Waals surface area contributed by atoms with Crippen LogP contribution in [-0.2, 0) is 19.9 Å². The minimum absolute atomic E-state index is 0.254. The average molecular weight is 397 g/mol. The highest BCUT2D eigenvalue weighted by Gasteiger charge is 2.69. The monoisotopic (exact) mass is 397 g/mol. The second-order valence-electron chi connectivity index (χ2n) is 8.25. The molecule has 2 N–H and O–H groups in total. The maximum Gasteiger partial charge on any atom is 0.250 e. The molecule has 6 nitrogen and oxygen atoms in total. The van der Waals surface area contributed by atoms with E-state index in [4.69, 9.17) is 0 Å². The van der Waals surface area contributed by atoms with E-state index >= 15 is 0 Å². The zero-order valence-electron chi connectivity index (χ0n) is 16.3. The van der Waals surface area contributed by atoms with Gasteiger partial charge < -0.3 is 5.32 Å². The van der Waals surface area contributed by atoms with Gasteiger partial charge in [-0.15, -0.1) is 0 Å². The molecule has 0 unspecified atom stereocenters. The molecule has 3 aromatic carbocycles. The fourth-order valence-corrected chi connectivity index (χ4v) is 5.56. The number of nitrogens with one attached hydrogen (secondary N) is 2. The van der Waals surface area contributed by atoms with E-state index in [0.29, 0.717) is 11.4 Å². The quantitative estimate of drug-likeness (QED) is 0.619. The van der Waals surface area contributed by atoms with Gasteiger partial charge in [-0.1, -0.05) is 54.6 Å². The van der Waals surface area contributed by atoms with Gasteiger partial charge in [-0.05, 0) is 24.4 Å². The highest BCUT2D eigenvalue weighted by Crippen LogP contribution is 2.53. The number of hydrogen-bond acceptors (Lipinski definition) is 4. The number of rotatable bonds is 1. The van der Waals surface area contributed by atoms with E-state index in [0.717, 1.165) is 16.3 Å². The van der Waals surface area contributed by atoms with Gasteiger partial charge in [0.05, 0.1) is 17.5 Å². The van der Waals surface area contributed by atoms with Crippen LogP contribution in [0.5, 0.6) is 0 Å². The van der Waals surface area contributed by atoms with Gasteiger partial charge in [0.25, 0.3) is 0 Å². The van der Waals surface area contributed by atoms with Crippen LogP contribution in [0.2, 0.25) is 0 Å². The Balaban J connectivity index is 1.54. The summed E-state index contributed by atoms with van der Waals surface area (Å²) in [7, 11) is 0. The molecule has 3 aromatic rings. The standard InChI is InChI=1S/C24H19N3O3/c1-13-19-20(24(26-13)16-10-4-5-11-17(16)25-23(24)30)22(29)27(21(19)28)18-12-6-8-14-7-2-3-9-15(14)18/h2-13,19-20,26H,1H3,(H,25,30)/t13-,19+,20+,24-/m1/s1. The van der Waals surface area contributed by atoms with Crippen LogP contribution in [0.25, 0.3) is 10.8 Å². The van der Waals surface area contributed by atoms with Crippen LogP contribution in [0.4, 0.5) is 11.4 Å². The van der Waals surface area contributed by atoms with Crippen LogP contribution in [0.1, 0.15) is 12.5 Å². The van der Waals surface area contributed by atoms with E-state index in [9.17, 15) is 14.4 Å². The minimum Gasteiger partial charge on any atom is -0.324 e. The summed E-state index contributed by atoms with van der Waals surface area (Å²) in [6, 6.07) is 20.3. The number of nitrogens with zero attached hydrogens (tertiary/aromatic N) is 1. The molecule has 0 aliphatic carbocycles. The van der Waals surface area contributed by atoms with E-state index in [1.54, 1.807) is 6.07 Å². The fraction of sp³-hybridized carbons (Fsp3) is 0.208. The first-order chi connectivity index (χ1) is 14.5. The van der Waals surface area contributed by atoms with Crippen LogP contribution in [0, 0.1) is 11.8 Å². The molecule has 6 rings (SSSR count). The predicted octanol–water partition coefficient (Wildman–Crippen LogP) is 2.78. The third kappa shape index (κ3) is 1.94. The molecule has 0 aromatic heterocycles. The topological polar surface area (TPSA) is 78.5 Å². The fourth-order valence-electron chi connectivity index (χ4n) is 5.56. The molecular weight excluding hydrogens is 378 g/mol. The first-order valence-corrected chi connectivity index (χ1v) is 10.1. The normalized spacial score (nSPS) is 29.6. The van der Waals surface area contributed by atoms with Gasteiger partial charge in [0.2, 0.25) is 17.7 Å². The van der Waals surface area contributed by atoms with Gasteiger partial charge in [0.1, 0.15) is 5.54 Å². The van der Waals surface area contributed by atoms with Crippen molar-refractivity contribution in [3.63, 3.8) is 0 Å². The van der Waals surface area contributed by atoms with Gasteiger partial charge in [0, 0.05) is 22.7 Å². The number of imide groups is 1. The molecule has 148 valence electrons. The molecule has 3 aliphatic heterocycles. The lowest BCUT2D eigenvalue weighted by Gasteiger charge is -2.29. The first kappa shape index (κ1) is 17.4. The number of anilines is 2. The largest absolute Gasteiger partial charge is 0.324 e. The lowest BCUT2D eigenvalue weighted by Crippen LogP contribution is -2.53. The molecule has 3 amide bonds. The summed E-state index contributed by atoms with van der Waals surface area (Å²) in [4.78, 5) is 41.8. The van der Waals surface area contributed by atoms with Gasteiger partial charge in [0.15, 0.2) is 0 Å². The molecule has 0 saturated carbocycles. The Labute approximate surface area is 172 Å². The average Bonchev–Trinajstić information content (AvgIpc) is 3.32. The molecule has 0 bridgehead atoms. The molecule has 2 fully saturated rings. The van der Waals surface area contributed by atoms with Crippen molar-refractivity contribution in [3.8, 4) is 0 Å². The maximum atomic E-state index is 13.8. The van der Waals surface area contributed by atoms with Crippen molar-refractivity contribution < 1.29 is 14.4 Å². The molecule has 0 radical (unpaired) electrons. The number of amides is 3. The number of carbonyl (C=O) groups is 3. The summed E-state index contributed by atoms with van der Waals surface area (Å²) in [5.74, 6) is -2.25. The smallest absolute Gasteiger partial charge is 0.250 e. The van der Waals surface area contributed by atoms with Crippen molar-refractivity contribution in [2.75, 3.05) is 10.2 Å². The number of benzene rings is 3. The summed E-state index contributed by atoms with van der Waals surface area (Å²) in [6.07, 6.45) is 0. The summed E-state index contributed by atoms with van der Waals surface area (Å²) >= 11 is 0. The molecule has 6 heteroatoms. The Morgan fingerprint density at radius 3 is 2.47 bits per heavy atom. The molecule has 2 saturated heterocycles. The van der Waals surface area contributed by atoms with Crippen molar-refractivity contribution in [3.05, 3.63) is 72.3 Å². The molecule has 4 atom stereocenters. The Kier molecular flexibility index (Phi) is 3.34. The zero-order valence-corrected chi connectivity index (χ0v) is 16.3. The Bertz CT molecular complexity index is 1260. The Hall–Kier alpha value is -3.51. The van der Waals surface area contributed by atoms with E-state index in [-0.39, 0.29) is 23.8 Å². The second kappa shape index (κ2) is 5.77. The van der Waals surface area contributed by atoms with Crippen LogP contribution in [-0.4, -0.2) is 23.8 Å². The van der Waals surface area contributed by atoms with Gasteiger partial charge in [-0.2, -0.15) is 0 Å². The van der Waals surface area contributed by atoms with Crippen LogP contribution < -0.4 is 15.5 Å². The summed E-state index contributed by atoms with van der Waals surface area (Å²) < 4.78 is 0. The zero-order chi connectivity index (χ0) is 20.6. The lowest BCUT2D eigenvalue weighted by atomic mass is 9.76. The van der Waals surface area contributed by atoms with Crippen LogP contribution in [0.15, 0.2) is 66.7 Å². The predicted molar refractivity (Wildman–Crippen MR) is 113 cm³/mol. The molecule has 30 heavy (non-hydrogen) atoms. The molecule has 3 heterocycles. The second-order valence-corrected chi connectivity index (χ2v) is 8.25. The number of fused-ring (bicyclic) bond motifs is 5. The third-order valence-electron chi connectivity index (χ3n) is 6.78. The minimum atomic E-state index is -1.23. The molecule has 3 aliphatic rings. The SMILES string of the molecule is C[C@H]1N[C@@]2(C(=O)Nc3ccccc32)[C@@H]2C(=O)N(c3cccc4ccccc34)C(=O)[C@H]21. The van der Waals surface area contributed by atoms with Crippen molar-refractivity contribution in [2.45, 2.75) is 18.5 Å². The highest BCUT2D eigenvalue weighted by atomic mass is 16.2. The highest BCUT2D eigenvalue weighted by molar-refractivity contribution is 6.27. The summed E-state index contributed by atoms with van der Waals surface area (Å²) in [5, 5.41) is 8.02. The number of hydrogen-bond donors (Lipinski definition) is 2. The summed E-state index contributed by atoms with van der Waals surface area (Å²) in [5.41, 5.74) is 0.765. The van der Waals surface area contributed by atoms with E-state index in [1.807, 2.05) is 67.6 Å². The van der Waals surface area contributed by atoms with E-state index < -0.39 is 17.4 Å². The maximum absolute atomic E-state index is 13.8. The number of carbonyl (C=O) groups excluding carboxylic acids is 3.